The summed E-state index contributed by atoms with van der Waals surface area (Å²) in [7, 11) is -0.594. The van der Waals surface area contributed by atoms with Crippen molar-refractivity contribution in [3.8, 4) is 0 Å². The maximum absolute atomic E-state index is 11.6. The molecule has 2 atom stereocenters. The molecule has 4 nitrogen and oxygen atoms in total. The Morgan fingerprint density at radius 2 is 1.52 bits per heavy atom. The molecule has 0 aliphatic heterocycles. The molecule has 5 heteroatoms. The summed E-state index contributed by atoms with van der Waals surface area (Å²) in [6.07, 6.45) is 4.49. The lowest BCUT2D eigenvalue weighted by Crippen LogP contribution is -2.54. The van der Waals surface area contributed by atoms with Crippen molar-refractivity contribution in [3.05, 3.63) is 12.2 Å². The summed E-state index contributed by atoms with van der Waals surface area (Å²) in [5, 5.41) is 2.89. The fraction of sp³-hybridized carbons (Fsp3) is 0.833. The number of carbonyl (C=O) groups is 1. The van der Waals surface area contributed by atoms with E-state index in [1.165, 1.54) is 7.11 Å². The van der Waals surface area contributed by atoms with Gasteiger partial charge in [0.1, 0.15) is 0 Å². The molecule has 1 N–H and O–H groups in total. The van der Waals surface area contributed by atoms with E-state index in [0.29, 0.717) is 16.6 Å². The highest BCUT2D eigenvalue weighted by Gasteiger charge is 2.46. The number of hydrogen-bond donors (Lipinski definition) is 1. The number of carbonyl (C=O) groups excluding carboxylic acids is 1. The number of nitrogens with one attached hydrogen (secondary N) is 1. The first kappa shape index (κ1) is 22.2. The molecule has 0 radical (unpaired) electrons. The van der Waals surface area contributed by atoms with Gasteiger partial charge >= 0.3 is 6.09 Å². The van der Waals surface area contributed by atoms with Crippen molar-refractivity contribution in [2.24, 2.45) is 0 Å². The van der Waals surface area contributed by atoms with E-state index in [2.05, 4.69) is 66.8 Å². The van der Waals surface area contributed by atoms with Crippen molar-refractivity contribution in [1.29, 1.82) is 0 Å². The van der Waals surface area contributed by atoms with Crippen LogP contribution in [0.5, 0.6) is 0 Å². The van der Waals surface area contributed by atoms with Gasteiger partial charge in [-0.05, 0) is 30.0 Å². The minimum atomic E-state index is -1.98. The molecular formula is C18H37NO3Si. The highest BCUT2D eigenvalue weighted by molar-refractivity contribution is 6.77. The molecule has 0 aromatic heterocycles. The molecule has 136 valence electrons. The topological polar surface area (TPSA) is 47.6 Å². The van der Waals surface area contributed by atoms with Gasteiger partial charge in [-0.1, -0.05) is 60.6 Å². The molecule has 0 aromatic rings. The number of alkyl carbamates (subject to hydrolysis) is 1. The maximum Gasteiger partial charge on any atom is 0.407 e. The van der Waals surface area contributed by atoms with Crippen LogP contribution < -0.4 is 5.32 Å². The standard InChI is InChI=1S/C18H37NO3Si/c1-10-11-12-17(19-18(20)21-9)16(8)22-23(13(2)3,14(4)5)15(6)7/h11-17H,10H2,1-9H3,(H,19,20)/b12-11+/t16-,17+/m0/s1. The van der Waals surface area contributed by atoms with Gasteiger partial charge in [0.05, 0.1) is 19.3 Å². The first-order valence-corrected chi connectivity index (χ1v) is 11.0. The van der Waals surface area contributed by atoms with Crippen molar-refractivity contribution in [3.63, 3.8) is 0 Å². The Labute approximate surface area is 144 Å². The molecule has 0 unspecified atom stereocenters. The van der Waals surface area contributed by atoms with Crippen LogP contribution in [0.15, 0.2) is 12.2 Å². The van der Waals surface area contributed by atoms with Gasteiger partial charge in [-0.3, -0.25) is 0 Å². The Bertz CT molecular complexity index is 359. The molecule has 1 amide bonds. The van der Waals surface area contributed by atoms with Crippen LogP contribution in [0.4, 0.5) is 4.79 Å². The van der Waals surface area contributed by atoms with E-state index in [0.717, 1.165) is 6.42 Å². The van der Waals surface area contributed by atoms with Crippen LogP contribution in [0.2, 0.25) is 16.6 Å². The lowest BCUT2D eigenvalue weighted by atomic mass is 10.1. The van der Waals surface area contributed by atoms with E-state index in [9.17, 15) is 4.79 Å². The summed E-state index contributed by atoms with van der Waals surface area (Å²) in [4.78, 5) is 11.6. The van der Waals surface area contributed by atoms with E-state index in [1.807, 2.05) is 6.08 Å². The Morgan fingerprint density at radius 1 is 1.04 bits per heavy atom. The predicted molar refractivity (Wildman–Crippen MR) is 100 cm³/mol. The highest BCUT2D eigenvalue weighted by atomic mass is 28.4. The average molecular weight is 344 g/mol. The van der Waals surface area contributed by atoms with Crippen molar-refractivity contribution >= 4 is 14.4 Å². The van der Waals surface area contributed by atoms with Crippen LogP contribution in [0.3, 0.4) is 0 Å². The average Bonchev–Trinajstić information content (AvgIpc) is 2.47. The van der Waals surface area contributed by atoms with Gasteiger partial charge in [-0.2, -0.15) is 0 Å². The molecular weight excluding hydrogens is 306 g/mol. The SMILES string of the molecule is CC/C=C/[C@@H](NC(=O)OC)[C@H](C)O[Si](C(C)C)(C(C)C)C(C)C. The molecule has 0 aromatic carbocycles. The van der Waals surface area contributed by atoms with Crippen LogP contribution in [-0.2, 0) is 9.16 Å². The third kappa shape index (κ3) is 5.96. The Hall–Kier alpha value is -0.813. The third-order valence-corrected chi connectivity index (χ3v) is 10.8. The molecule has 0 heterocycles. The van der Waals surface area contributed by atoms with Gasteiger partial charge in [0.15, 0.2) is 0 Å². The molecule has 0 aliphatic rings. The van der Waals surface area contributed by atoms with Crippen LogP contribution >= 0.6 is 0 Å². The van der Waals surface area contributed by atoms with Gasteiger partial charge < -0.3 is 14.5 Å². The molecule has 0 saturated heterocycles. The first-order valence-electron chi connectivity index (χ1n) is 8.82. The van der Waals surface area contributed by atoms with Gasteiger partial charge in [0.2, 0.25) is 8.32 Å². The first-order chi connectivity index (χ1) is 10.6. The zero-order valence-electron chi connectivity index (χ0n) is 16.5. The van der Waals surface area contributed by atoms with E-state index < -0.39 is 14.4 Å². The molecule has 23 heavy (non-hydrogen) atoms. The number of amides is 1. The monoisotopic (exact) mass is 343 g/mol. The van der Waals surface area contributed by atoms with Crippen molar-refractivity contribution < 1.29 is 14.0 Å². The van der Waals surface area contributed by atoms with Gasteiger partial charge in [0.25, 0.3) is 0 Å². The zero-order valence-corrected chi connectivity index (χ0v) is 17.5. The molecule has 0 aliphatic carbocycles. The molecule has 0 fully saturated rings. The molecule has 0 spiro atoms. The lowest BCUT2D eigenvalue weighted by Gasteiger charge is -2.45. The smallest absolute Gasteiger partial charge is 0.407 e. The fourth-order valence-electron chi connectivity index (χ4n) is 3.60. The van der Waals surface area contributed by atoms with Crippen molar-refractivity contribution in [2.75, 3.05) is 7.11 Å². The van der Waals surface area contributed by atoms with E-state index in [1.54, 1.807) is 0 Å². The summed E-state index contributed by atoms with van der Waals surface area (Å²) in [5.41, 5.74) is 1.54. The predicted octanol–water partition coefficient (Wildman–Crippen LogP) is 5.26. The summed E-state index contributed by atoms with van der Waals surface area (Å²) in [6.45, 7) is 17.7. The quantitative estimate of drug-likeness (QED) is 0.459. The second-order valence-corrected chi connectivity index (χ2v) is 12.5. The Kier molecular flexibility index (Phi) is 9.78. The van der Waals surface area contributed by atoms with E-state index in [4.69, 9.17) is 9.16 Å². The lowest BCUT2D eigenvalue weighted by molar-refractivity contribution is 0.139. The maximum atomic E-state index is 11.6. The van der Waals surface area contributed by atoms with Gasteiger partial charge in [0, 0.05) is 0 Å². The van der Waals surface area contributed by atoms with Gasteiger partial charge in [-0.15, -0.1) is 0 Å². The van der Waals surface area contributed by atoms with Crippen molar-refractivity contribution in [2.45, 2.75) is 90.6 Å². The second kappa shape index (κ2) is 10.1. The molecule has 0 bridgehead atoms. The normalized spacial score (nSPS) is 15.5. The summed E-state index contributed by atoms with van der Waals surface area (Å²) in [6, 6.07) is -0.175. The highest BCUT2D eigenvalue weighted by Crippen LogP contribution is 2.43. The Morgan fingerprint density at radius 3 is 1.87 bits per heavy atom. The van der Waals surface area contributed by atoms with Crippen LogP contribution in [0, 0.1) is 0 Å². The van der Waals surface area contributed by atoms with E-state index in [-0.39, 0.29) is 12.1 Å². The fourth-order valence-corrected chi connectivity index (χ4v) is 9.21. The molecule has 0 saturated carbocycles. The third-order valence-electron chi connectivity index (χ3n) is 4.65. The molecule has 0 rings (SSSR count). The van der Waals surface area contributed by atoms with Crippen LogP contribution in [0.1, 0.15) is 61.8 Å². The van der Waals surface area contributed by atoms with Crippen LogP contribution in [0.25, 0.3) is 0 Å². The van der Waals surface area contributed by atoms with Crippen LogP contribution in [-0.4, -0.2) is 33.7 Å². The van der Waals surface area contributed by atoms with Crippen molar-refractivity contribution in [1.82, 2.24) is 5.32 Å². The largest absolute Gasteiger partial charge is 0.453 e. The summed E-state index contributed by atoms with van der Waals surface area (Å²) in [5.74, 6) is 0. The number of hydrogen-bond acceptors (Lipinski definition) is 3. The number of rotatable bonds is 9. The number of methoxy groups -OCH3 is 1. The van der Waals surface area contributed by atoms with E-state index >= 15 is 0 Å². The van der Waals surface area contributed by atoms with Gasteiger partial charge in [-0.25, -0.2) is 4.79 Å². The Balaban J connectivity index is 5.42. The zero-order chi connectivity index (χ0) is 18.2. The second-order valence-electron chi connectivity index (χ2n) is 7.14. The number of allylic oxidation sites excluding steroid dienone is 1. The minimum absolute atomic E-state index is 0.0873. The summed E-state index contributed by atoms with van der Waals surface area (Å²) >= 11 is 0. The number of ether oxygens (including phenoxy) is 1. The summed E-state index contributed by atoms with van der Waals surface area (Å²) < 4.78 is 11.5. The minimum Gasteiger partial charge on any atom is -0.453 e.